The van der Waals surface area contributed by atoms with Crippen LogP contribution in [-0.4, -0.2) is 13.2 Å². The van der Waals surface area contributed by atoms with Crippen LogP contribution in [0.15, 0.2) is 42.5 Å². The first-order valence-electron chi connectivity index (χ1n) is 7.53. The third-order valence-corrected chi connectivity index (χ3v) is 4.58. The second-order valence-corrected chi connectivity index (χ2v) is 6.62. The van der Waals surface area contributed by atoms with Gasteiger partial charge in [0, 0.05) is 15.6 Å². The third kappa shape index (κ3) is 3.24. The van der Waals surface area contributed by atoms with Crippen molar-refractivity contribution in [2.45, 2.75) is 25.8 Å². The molecule has 2 nitrogen and oxygen atoms in total. The molecule has 3 heteroatoms. The summed E-state index contributed by atoms with van der Waals surface area (Å²) in [7, 11) is 0. The standard InChI is InChI=1S/C18H20INO/c1-2-11-20-17(13-6-8-15(19)9-7-13)16-5-3-4-14-10-12-21-18(14)16/h3-9,17,20H,2,10-12H2,1H3. The highest BCUT2D eigenvalue weighted by Gasteiger charge is 2.22. The van der Waals surface area contributed by atoms with Crippen LogP contribution in [0, 0.1) is 3.57 Å². The number of ether oxygens (including phenoxy) is 1. The first-order valence-corrected chi connectivity index (χ1v) is 8.61. The van der Waals surface area contributed by atoms with Gasteiger partial charge in [0.05, 0.1) is 12.6 Å². The Bertz CT molecular complexity index is 609. The highest BCUT2D eigenvalue weighted by atomic mass is 127. The minimum atomic E-state index is 0.204. The lowest BCUT2D eigenvalue weighted by Crippen LogP contribution is -2.23. The van der Waals surface area contributed by atoms with Gasteiger partial charge in [-0.3, -0.25) is 0 Å². The van der Waals surface area contributed by atoms with Crippen molar-refractivity contribution in [2.75, 3.05) is 13.2 Å². The molecule has 0 saturated heterocycles. The molecule has 1 atom stereocenters. The van der Waals surface area contributed by atoms with E-state index >= 15 is 0 Å². The Labute approximate surface area is 140 Å². The predicted octanol–water partition coefficient (Wildman–Crippen LogP) is 4.32. The number of halogens is 1. The van der Waals surface area contributed by atoms with Crippen molar-refractivity contribution >= 4 is 22.6 Å². The molecule has 1 unspecified atom stereocenters. The second kappa shape index (κ2) is 6.79. The Morgan fingerprint density at radius 1 is 1.19 bits per heavy atom. The van der Waals surface area contributed by atoms with Crippen LogP contribution < -0.4 is 10.1 Å². The number of nitrogens with one attached hydrogen (secondary N) is 1. The molecule has 0 bridgehead atoms. The summed E-state index contributed by atoms with van der Waals surface area (Å²) in [5.41, 5.74) is 3.90. The van der Waals surface area contributed by atoms with E-state index in [0.717, 1.165) is 31.7 Å². The van der Waals surface area contributed by atoms with Crippen molar-refractivity contribution in [3.63, 3.8) is 0 Å². The molecule has 2 aromatic rings. The quantitative estimate of drug-likeness (QED) is 0.765. The van der Waals surface area contributed by atoms with Crippen molar-refractivity contribution in [3.8, 4) is 5.75 Å². The summed E-state index contributed by atoms with van der Waals surface area (Å²) >= 11 is 2.35. The molecular formula is C18H20INO. The summed E-state index contributed by atoms with van der Waals surface area (Å²) in [5, 5.41) is 3.67. The van der Waals surface area contributed by atoms with Crippen LogP contribution in [0.2, 0.25) is 0 Å². The number of fused-ring (bicyclic) bond motifs is 1. The lowest BCUT2D eigenvalue weighted by atomic mass is 9.95. The SMILES string of the molecule is CCCNC(c1ccc(I)cc1)c1cccc2c1OCC2. The van der Waals surface area contributed by atoms with Gasteiger partial charge in [-0.25, -0.2) is 0 Å². The average Bonchev–Trinajstić information content (AvgIpc) is 2.98. The Hall–Kier alpha value is -1.07. The molecule has 0 radical (unpaired) electrons. The van der Waals surface area contributed by atoms with Gasteiger partial charge < -0.3 is 10.1 Å². The molecule has 1 heterocycles. The highest BCUT2D eigenvalue weighted by Crippen LogP contribution is 2.36. The summed E-state index contributed by atoms with van der Waals surface area (Å²) in [4.78, 5) is 0. The molecule has 110 valence electrons. The molecule has 3 rings (SSSR count). The number of rotatable bonds is 5. The Morgan fingerprint density at radius 2 is 2.00 bits per heavy atom. The molecule has 0 saturated carbocycles. The predicted molar refractivity (Wildman–Crippen MR) is 94.9 cm³/mol. The summed E-state index contributed by atoms with van der Waals surface area (Å²) in [5.74, 6) is 1.09. The zero-order valence-electron chi connectivity index (χ0n) is 12.2. The third-order valence-electron chi connectivity index (χ3n) is 3.86. The van der Waals surface area contributed by atoms with Crippen LogP contribution in [-0.2, 0) is 6.42 Å². The molecule has 0 amide bonds. The number of benzene rings is 2. The Morgan fingerprint density at radius 3 is 2.76 bits per heavy atom. The van der Waals surface area contributed by atoms with Gasteiger partial charge >= 0.3 is 0 Å². The van der Waals surface area contributed by atoms with Crippen molar-refractivity contribution in [1.29, 1.82) is 0 Å². The maximum atomic E-state index is 5.89. The fourth-order valence-corrected chi connectivity index (χ4v) is 3.18. The topological polar surface area (TPSA) is 21.3 Å². The largest absolute Gasteiger partial charge is 0.493 e. The van der Waals surface area contributed by atoms with E-state index in [0.29, 0.717) is 0 Å². The van der Waals surface area contributed by atoms with E-state index in [-0.39, 0.29) is 6.04 Å². The van der Waals surface area contributed by atoms with Crippen molar-refractivity contribution in [2.24, 2.45) is 0 Å². The summed E-state index contributed by atoms with van der Waals surface area (Å²) in [6.45, 7) is 4.00. The van der Waals surface area contributed by atoms with Gasteiger partial charge in [-0.05, 0) is 58.8 Å². The van der Waals surface area contributed by atoms with Gasteiger partial charge in [0.1, 0.15) is 5.75 Å². The minimum Gasteiger partial charge on any atom is -0.493 e. The monoisotopic (exact) mass is 393 g/mol. The second-order valence-electron chi connectivity index (χ2n) is 5.37. The molecule has 2 aromatic carbocycles. The van der Waals surface area contributed by atoms with Gasteiger partial charge in [-0.2, -0.15) is 0 Å². The van der Waals surface area contributed by atoms with Crippen LogP contribution in [0.3, 0.4) is 0 Å². The molecule has 1 aliphatic heterocycles. The molecule has 0 aromatic heterocycles. The molecule has 21 heavy (non-hydrogen) atoms. The van der Waals surface area contributed by atoms with E-state index in [1.807, 2.05) is 0 Å². The van der Waals surface area contributed by atoms with Gasteiger partial charge in [0.25, 0.3) is 0 Å². The Balaban J connectivity index is 1.99. The maximum absolute atomic E-state index is 5.89. The van der Waals surface area contributed by atoms with Crippen LogP contribution in [0.25, 0.3) is 0 Å². The van der Waals surface area contributed by atoms with Crippen LogP contribution in [0.1, 0.15) is 36.1 Å². The zero-order valence-corrected chi connectivity index (χ0v) is 14.4. The van der Waals surface area contributed by atoms with Crippen LogP contribution in [0.4, 0.5) is 0 Å². The van der Waals surface area contributed by atoms with Gasteiger partial charge in [0.15, 0.2) is 0 Å². The van der Waals surface area contributed by atoms with E-state index in [1.54, 1.807) is 0 Å². The van der Waals surface area contributed by atoms with E-state index in [2.05, 4.69) is 77.3 Å². The highest BCUT2D eigenvalue weighted by molar-refractivity contribution is 14.1. The zero-order chi connectivity index (χ0) is 14.7. The van der Waals surface area contributed by atoms with E-state index in [4.69, 9.17) is 4.74 Å². The summed E-state index contributed by atoms with van der Waals surface area (Å²) in [6.07, 6.45) is 2.15. The normalized spacial score (nSPS) is 14.6. The Kier molecular flexibility index (Phi) is 4.80. The lowest BCUT2D eigenvalue weighted by molar-refractivity contribution is 0.350. The molecule has 0 aliphatic carbocycles. The molecule has 0 spiro atoms. The number of hydrogen-bond acceptors (Lipinski definition) is 2. The molecule has 1 aliphatic rings. The van der Waals surface area contributed by atoms with E-state index in [1.165, 1.54) is 20.3 Å². The number of para-hydroxylation sites is 1. The smallest absolute Gasteiger partial charge is 0.127 e. The molecule has 1 N–H and O–H groups in total. The van der Waals surface area contributed by atoms with Crippen molar-refractivity contribution in [1.82, 2.24) is 5.32 Å². The van der Waals surface area contributed by atoms with Crippen molar-refractivity contribution in [3.05, 3.63) is 62.7 Å². The minimum absolute atomic E-state index is 0.204. The fourth-order valence-electron chi connectivity index (χ4n) is 2.82. The first kappa shape index (κ1) is 14.9. The van der Waals surface area contributed by atoms with Gasteiger partial charge in [-0.1, -0.05) is 37.3 Å². The van der Waals surface area contributed by atoms with Gasteiger partial charge in [-0.15, -0.1) is 0 Å². The average molecular weight is 393 g/mol. The van der Waals surface area contributed by atoms with Gasteiger partial charge in [0.2, 0.25) is 0 Å². The fraction of sp³-hybridized carbons (Fsp3) is 0.333. The number of hydrogen-bond donors (Lipinski definition) is 1. The van der Waals surface area contributed by atoms with Crippen LogP contribution >= 0.6 is 22.6 Å². The molecule has 0 fully saturated rings. The summed E-state index contributed by atoms with van der Waals surface area (Å²) in [6, 6.07) is 15.5. The maximum Gasteiger partial charge on any atom is 0.127 e. The van der Waals surface area contributed by atoms with E-state index < -0.39 is 0 Å². The van der Waals surface area contributed by atoms with E-state index in [9.17, 15) is 0 Å². The first-order chi connectivity index (χ1) is 10.3. The van der Waals surface area contributed by atoms with Crippen molar-refractivity contribution < 1.29 is 4.74 Å². The lowest BCUT2D eigenvalue weighted by Gasteiger charge is -2.22. The molecular weight excluding hydrogens is 373 g/mol. The summed E-state index contributed by atoms with van der Waals surface area (Å²) < 4.78 is 7.16. The van der Waals surface area contributed by atoms with Crippen LogP contribution in [0.5, 0.6) is 5.75 Å².